The molecule has 17 heavy (non-hydrogen) atoms. The Morgan fingerprint density at radius 2 is 2.24 bits per heavy atom. The quantitative estimate of drug-likeness (QED) is 0.799. The fraction of sp³-hybridized carbons (Fsp3) is 0.615. The number of furan rings is 1. The minimum Gasteiger partial charge on any atom is -0.469 e. The van der Waals surface area contributed by atoms with Crippen LogP contribution in [0.4, 0.5) is 0 Å². The fourth-order valence-corrected chi connectivity index (χ4v) is 1.57. The van der Waals surface area contributed by atoms with E-state index in [9.17, 15) is 4.79 Å². The maximum Gasteiger partial charge on any atom is 0.306 e. The smallest absolute Gasteiger partial charge is 0.306 e. The Morgan fingerprint density at radius 3 is 2.71 bits per heavy atom. The molecule has 0 amide bonds. The van der Waals surface area contributed by atoms with Crippen molar-refractivity contribution < 1.29 is 13.9 Å². The standard InChI is InChI=1S/C13H21NO3/c1-13(2,3)17-12(15)8-10(9-14)7-11-5-4-6-16-11/h4-6,10H,7-9,14H2,1-3H3. The monoisotopic (exact) mass is 239 g/mol. The number of hydrogen-bond acceptors (Lipinski definition) is 4. The molecule has 1 unspecified atom stereocenters. The van der Waals surface area contributed by atoms with Gasteiger partial charge in [-0.2, -0.15) is 0 Å². The Labute approximate surface area is 102 Å². The lowest BCUT2D eigenvalue weighted by atomic mass is 10.00. The van der Waals surface area contributed by atoms with Crippen LogP contribution in [0.25, 0.3) is 0 Å². The lowest BCUT2D eigenvalue weighted by Crippen LogP contribution is -2.27. The Bertz CT molecular complexity index is 338. The van der Waals surface area contributed by atoms with E-state index in [1.807, 2.05) is 32.9 Å². The van der Waals surface area contributed by atoms with Gasteiger partial charge in [0.25, 0.3) is 0 Å². The number of ether oxygens (including phenoxy) is 1. The highest BCUT2D eigenvalue weighted by Crippen LogP contribution is 2.15. The molecule has 1 heterocycles. The summed E-state index contributed by atoms with van der Waals surface area (Å²) in [7, 11) is 0. The van der Waals surface area contributed by atoms with Crippen molar-refractivity contribution in [3.05, 3.63) is 24.2 Å². The predicted molar refractivity (Wildman–Crippen MR) is 65.4 cm³/mol. The summed E-state index contributed by atoms with van der Waals surface area (Å²) in [4.78, 5) is 11.6. The van der Waals surface area contributed by atoms with E-state index in [-0.39, 0.29) is 11.9 Å². The van der Waals surface area contributed by atoms with Crippen LogP contribution in [0.3, 0.4) is 0 Å². The first-order chi connectivity index (χ1) is 7.90. The lowest BCUT2D eigenvalue weighted by Gasteiger charge is -2.21. The largest absolute Gasteiger partial charge is 0.469 e. The molecule has 0 aliphatic heterocycles. The first kappa shape index (κ1) is 13.8. The second kappa shape index (κ2) is 5.87. The average molecular weight is 239 g/mol. The highest BCUT2D eigenvalue weighted by atomic mass is 16.6. The first-order valence-corrected chi connectivity index (χ1v) is 5.85. The molecule has 0 spiro atoms. The molecule has 0 radical (unpaired) electrons. The van der Waals surface area contributed by atoms with E-state index >= 15 is 0 Å². The minimum atomic E-state index is -0.444. The number of carbonyl (C=O) groups excluding carboxylic acids is 1. The summed E-state index contributed by atoms with van der Waals surface area (Å²) in [6, 6.07) is 3.72. The molecular formula is C13H21NO3. The number of nitrogens with two attached hydrogens (primary N) is 1. The van der Waals surface area contributed by atoms with Crippen molar-refractivity contribution in [1.29, 1.82) is 0 Å². The molecule has 0 saturated carbocycles. The molecule has 96 valence electrons. The Hall–Kier alpha value is -1.29. The van der Waals surface area contributed by atoms with Crippen molar-refractivity contribution in [2.24, 2.45) is 11.7 Å². The summed E-state index contributed by atoms with van der Waals surface area (Å²) in [5.41, 5.74) is 5.21. The van der Waals surface area contributed by atoms with E-state index < -0.39 is 5.60 Å². The van der Waals surface area contributed by atoms with Crippen LogP contribution in [0.15, 0.2) is 22.8 Å². The second-order valence-electron chi connectivity index (χ2n) is 5.18. The second-order valence-corrected chi connectivity index (χ2v) is 5.18. The van der Waals surface area contributed by atoms with Crippen LogP contribution < -0.4 is 5.73 Å². The predicted octanol–water partition coefficient (Wildman–Crippen LogP) is 2.13. The summed E-state index contributed by atoms with van der Waals surface area (Å²) in [6.07, 6.45) is 2.62. The molecule has 4 nitrogen and oxygen atoms in total. The van der Waals surface area contributed by atoms with Gasteiger partial charge in [0, 0.05) is 12.8 Å². The zero-order chi connectivity index (χ0) is 12.9. The van der Waals surface area contributed by atoms with Crippen molar-refractivity contribution >= 4 is 5.97 Å². The van der Waals surface area contributed by atoms with Gasteiger partial charge < -0.3 is 14.9 Å². The molecule has 0 aliphatic carbocycles. The average Bonchev–Trinajstić information content (AvgIpc) is 2.66. The van der Waals surface area contributed by atoms with Gasteiger partial charge in [0.15, 0.2) is 0 Å². The molecule has 0 fully saturated rings. The van der Waals surface area contributed by atoms with E-state index in [0.717, 1.165) is 5.76 Å². The van der Waals surface area contributed by atoms with E-state index in [4.69, 9.17) is 14.9 Å². The van der Waals surface area contributed by atoms with Crippen LogP contribution in [-0.2, 0) is 16.0 Å². The van der Waals surface area contributed by atoms with Crippen LogP contribution in [0.5, 0.6) is 0 Å². The van der Waals surface area contributed by atoms with E-state index in [1.165, 1.54) is 0 Å². The Balaban J connectivity index is 2.44. The highest BCUT2D eigenvalue weighted by Gasteiger charge is 2.20. The topological polar surface area (TPSA) is 65.5 Å². The van der Waals surface area contributed by atoms with Crippen LogP contribution in [0.2, 0.25) is 0 Å². The van der Waals surface area contributed by atoms with Crippen LogP contribution in [0.1, 0.15) is 33.0 Å². The van der Waals surface area contributed by atoms with E-state index in [0.29, 0.717) is 19.4 Å². The Morgan fingerprint density at radius 1 is 1.53 bits per heavy atom. The zero-order valence-corrected chi connectivity index (χ0v) is 10.7. The van der Waals surface area contributed by atoms with E-state index in [2.05, 4.69) is 0 Å². The third-order valence-corrected chi connectivity index (χ3v) is 2.28. The molecule has 2 N–H and O–H groups in total. The summed E-state index contributed by atoms with van der Waals surface area (Å²) in [6.45, 7) is 6.01. The number of rotatable bonds is 5. The number of hydrogen-bond donors (Lipinski definition) is 1. The Kier molecular flexibility index (Phi) is 4.75. The van der Waals surface area contributed by atoms with Gasteiger partial charge in [-0.25, -0.2) is 0 Å². The zero-order valence-electron chi connectivity index (χ0n) is 10.7. The van der Waals surface area contributed by atoms with Crippen LogP contribution in [-0.4, -0.2) is 18.1 Å². The molecule has 0 aromatic carbocycles. The summed E-state index contributed by atoms with van der Waals surface area (Å²) >= 11 is 0. The molecule has 1 aromatic rings. The molecular weight excluding hydrogens is 218 g/mol. The SMILES string of the molecule is CC(C)(C)OC(=O)CC(CN)Cc1ccco1. The minimum absolute atomic E-state index is 0.0657. The summed E-state index contributed by atoms with van der Waals surface area (Å²) < 4.78 is 10.5. The van der Waals surface area contributed by atoms with Gasteiger partial charge in [0.1, 0.15) is 11.4 Å². The van der Waals surface area contributed by atoms with Crippen LogP contribution >= 0.6 is 0 Å². The normalized spacial score (nSPS) is 13.4. The van der Waals surface area contributed by atoms with Gasteiger partial charge in [-0.3, -0.25) is 4.79 Å². The molecule has 0 aliphatic rings. The third-order valence-electron chi connectivity index (χ3n) is 2.28. The van der Waals surface area contributed by atoms with Gasteiger partial charge in [0.2, 0.25) is 0 Å². The molecule has 1 aromatic heterocycles. The van der Waals surface area contributed by atoms with Crippen LogP contribution in [0, 0.1) is 5.92 Å². The van der Waals surface area contributed by atoms with E-state index in [1.54, 1.807) is 6.26 Å². The first-order valence-electron chi connectivity index (χ1n) is 5.85. The molecule has 4 heteroatoms. The third kappa shape index (κ3) is 5.54. The van der Waals surface area contributed by atoms with Gasteiger partial charge in [-0.15, -0.1) is 0 Å². The fourth-order valence-electron chi connectivity index (χ4n) is 1.57. The van der Waals surface area contributed by atoms with Crippen molar-refractivity contribution in [2.45, 2.75) is 39.2 Å². The molecule has 0 bridgehead atoms. The van der Waals surface area contributed by atoms with Gasteiger partial charge in [0.05, 0.1) is 6.26 Å². The summed E-state index contributed by atoms with van der Waals surface area (Å²) in [5.74, 6) is 0.708. The van der Waals surface area contributed by atoms with Crippen molar-refractivity contribution in [1.82, 2.24) is 0 Å². The highest BCUT2D eigenvalue weighted by molar-refractivity contribution is 5.70. The van der Waals surface area contributed by atoms with Gasteiger partial charge in [-0.1, -0.05) is 0 Å². The number of esters is 1. The molecule has 1 rings (SSSR count). The van der Waals surface area contributed by atoms with Crippen molar-refractivity contribution in [2.75, 3.05) is 6.54 Å². The summed E-state index contributed by atoms with van der Waals surface area (Å²) in [5, 5.41) is 0. The maximum atomic E-state index is 11.6. The lowest BCUT2D eigenvalue weighted by molar-refractivity contribution is -0.155. The van der Waals surface area contributed by atoms with Crippen molar-refractivity contribution in [3.63, 3.8) is 0 Å². The molecule has 1 atom stereocenters. The number of carbonyl (C=O) groups is 1. The maximum absolute atomic E-state index is 11.6. The van der Waals surface area contributed by atoms with Gasteiger partial charge in [-0.05, 0) is 45.4 Å². The van der Waals surface area contributed by atoms with Gasteiger partial charge >= 0.3 is 5.97 Å². The molecule has 0 saturated heterocycles. The van der Waals surface area contributed by atoms with Crippen molar-refractivity contribution in [3.8, 4) is 0 Å².